The molecule has 0 radical (unpaired) electrons. The van der Waals surface area contributed by atoms with Gasteiger partial charge in [0.15, 0.2) is 43.1 Å². The van der Waals surface area contributed by atoms with Crippen molar-refractivity contribution in [2.75, 3.05) is 19.8 Å². The van der Waals surface area contributed by atoms with Crippen molar-refractivity contribution < 1.29 is 95.6 Å². The van der Waals surface area contributed by atoms with E-state index in [0.717, 1.165) is 48.5 Å². The van der Waals surface area contributed by atoms with E-state index in [-0.39, 0.29) is 19.4 Å². The van der Waals surface area contributed by atoms with E-state index in [9.17, 15) is 38.4 Å². The second-order valence-corrected chi connectivity index (χ2v) is 11.0. The lowest BCUT2D eigenvalue weighted by Crippen LogP contribution is -2.67. The first kappa shape index (κ1) is 41.8. The molecule has 0 bridgehead atoms. The molecule has 20 nitrogen and oxygen atoms in total. The van der Waals surface area contributed by atoms with Crippen molar-refractivity contribution in [1.29, 1.82) is 0 Å². The summed E-state index contributed by atoms with van der Waals surface area (Å²) in [5.41, 5.74) is 0. The molecule has 0 aromatic carbocycles. The number of hydrogen-bond donors (Lipinski definition) is 1. The van der Waals surface area contributed by atoms with Crippen LogP contribution in [-0.2, 0) is 90.5 Å². The van der Waals surface area contributed by atoms with E-state index in [0.29, 0.717) is 0 Å². The quantitative estimate of drug-likeness (QED) is 0.119. The third-order valence-corrected chi connectivity index (χ3v) is 6.70. The van der Waals surface area contributed by atoms with E-state index in [1.807, 2.05) is 0 Å². The van der Waals surface area contributed by atoms with Gasteiger partial charge in [0.1, 0.15) is 31.5 Å². The maximum Gasteiger partial charge on any atom is 0.303 e. The summed E-state index contributed by atoms with van der Waals surface area (Å²) in [6.07, 6.45) is -16.2. The van der Waals surface area contributed by atoms with Crippen molar-refractivity contribution in [3.05, 3.63) is 0 Å². The lowest BCUT2D eigenvalue weighted by Gasteiger charge is -2.48. The fourth-order valence-corrected chi connectivity index (χ4v) is 5.03. The van der Waals surface area contributed by atoms with Crippen molar-refractivity contribution >= 4 is 47.8 Å². The van der Waals surface area contributed by atoms with Crippen LogP contribution in [0.15, 0.2) is 0 Å². The maximum absolute atomic E-state index is 12.4. The average Bonchev–Trinajstić information content (AvgIpc) is 2.97. The highest BCUT2D eigenvalue weighted by molar-refractivity contribution is 5.69. The van der Waals surface area contributed by atoms with E-state index in [4.69, 9.17) is 57.2 Å². The first-order chi connectivity index (χ1) is 23.4. The molecule has 0 amide bonds. The molecule has 2 rings (SSSR count). The molecule has 0 aliphatic carbocycles. The number of carboxylic acids is 1. The zero-order chi connectivity index (χ0) is 37.7. The molecule has 0 saturated carbocycles. The zero-order valence-electron chi connectivity index (χ0n) is 28.5. The molecule has 4 unspecified atom stereocenters. The minimum Gasteiger partial charge on any atom is -0.481 e. The smallest absolute Gasteiger partial charge is 0.303 e. The predicted octanol–water partition coefficient (Wildman–Crippen LogP) is -0.512. The van der Waals surface area contributed by atoms with Gasteiger partial charge in [-0.05, 0) is 6.42 Å². The van der Waals surface area contributed by atoms with Gasteiger partial charge in [-0.25, -0.2) is 0 Å². The summed E-state index contributed by atoms with van der Waals surface area (Å²) in [4.78, 5) is 95.9. The van der Waals surface area contributed by atoms with Gasteiger partial charge in [0.25, 0.3) is 0 Å². The molecule has 282 valence electrons. The highest BCUT2D eigenvalue weighted by Crippen LogP contribution is 2.35. The number of rotatable bonds is 16. The summed E-state index contributed by atoms with van der Waals surface area (Å²) >= 11 is 0. The Hall–Kier alpha value is -4.40. The van der Waals surface area contributed by atoms with Crippen LogP contribution in [0.3, 0.4) is 0 Å². The first-order valence-electron chi connectivity index (χ1n) is 15.3. The summed E-state index contributed by atoms with van der Waals surface area (Å²) in [6, 6.07) is 0. The van der Waals surface area contributed by atoms with Gasteiger partial charge >= 0.3 is 47.8 Å². The summed E-state index contributed by atoms with van der Waals surface area (Å²) < 4.78 is 61.3. The molecule has 20 heteroatoms. The summed E-state index contributed by atoms with van der Waals surface area (Å²) in [5, 5.41) is 9.00. The normalized spacial score (nSPS) is 29.0. The van der Waals surface area contributed by atoms with Crippen LogP contribution in [0.25, 0.3) is 0 Å². The second-order valence-electron chi connectivity index (χ2n) is 11.0. The van der Waals surface area contributed by atoms with Crippen LogP contribution in [0.4, 0.5) is 0 Å². The number of ether oxygens (including phenoxy) is 11. The Morgan fingerprint density at radius 3 is 1.32 bits per heavy atom. The molecule has 0 aromatic heterocycles. The van der Waals surface area contributed by atoms with E-state index in [1.54, 1.807) is 0 Å². The molecule has 50 heavy (non-hydrogen) atoms. The van der Waals surface area contributed by atoms with Crippen molar-refractivity contribution in [1.82, 2.24) is 0 Å². The van der Waals surface area contributed by atoms with Crippen molar-refractivity contribution in [3.63, 3.8) is 0 Å². The molecule has 0 spiro atoms. The Labute approximate surface area is 286 Å². The predicted molar refractivity (Wildman–Crippen MR) is 156 cm³/mol. The van der Waals surface area contributed by atoms with Crippen LogP contribution in [0, 0.1) is 0 Å². The van der Waals surface area contributed by atoms with Crippen molar-refractivity contribution in [2.45, 2.75) is 123 Å². The van der Waals surface area contributed by atoms with Crippen LogP contribution >= 0.6 is 0 Å². The molecule has 2 fully saturated rings. The van der Waals surface area contributed by atoms with Gasteiger partial charge in [-0.15, -0.1) is 0 Å². The van der Waals surface area contributed by atoms with Crippen molar-refractivity contribution in [3.8, 4) is 0 Å². The van der Waals surface area contributed by atoms with Crippen LogP contribution in [0.1, 0.15) is 61.3 Å². The topological polar surface area (TPSA) is 258 Å². The highest BCUT2D eigenvalue weighted by Gasteiger charge is 2.57. The number of aliphatic carboxylic acids is 1. The number of hydrogen-bond acceptors (Lipinski definition) is 19. The minimum absolute atomic E-state index is 0.000499. The highest BCUT2D eigenvalue weighted by atomic mass is 16.8. The van der Waals surface area contributed by atoms with E-state index in [2.05, 4.69) is 0 Å². The maximum atomic E-state index is 12.4. The second kappa shape index (κ2) is 19.7. The van der Waals surface area contributed by atoms with Gasteiger partial charge in [-0.2, -0.15) is 0 Å². The summed E-state index contributed by atoms with van der Waals surface area (Å²) in [5.74, 6) is -7.19. The van der Waals surface area contributed by atoms with Crippen LogP contribution < -0.4 is 0 Å². The Bertz CT molecular complexity index is 1250. The standard InChI is InChI=1S/C30H42O20/c1-13(31)41-11-20-23(43-15(3)33)25(44-16(4)34)28(47-19(7)37)30(49-20)50-24-21(12-42-14(2)32)48-29(40-10-8-9-22(38)39)27(46-18(6)36)26(24)45-17(5)35/h20-21,23-30H,8-12H2,1-7H3,(H,38,39)/t20?,21?,23-,24-,25-,26+,27?,28?,29+,30-/m0/s1. The molecule has 0 aromatic rings. The molecular formula is C30H42O20. The Morgan fingerprint density at radius 2 is 0.880 bits per heavy atom. The van der Waals surface area contributed by atoms with Crippen LogP contribution in [-0.4, -0.2) is 134 Å². The minimum atomic E-state index is -1.83. The Morgan fingerprint density at radius 1 is 0.500 bits per heavy atom. The number of carbonyl (C=O) groups is 8. The molecule has 2 aliphatic rings. The molecule has 2 heterocycles. The van der Waals surface area contributed by atoms with Gasteiger partial charge in [0.05, 0.1) is 6.61 Å². The molecule has 2 saturated heterocycles. The van der Waals surface area contributed by atoms with E-state index >= 15 is 0 Å². The van der Waals surface area contributed by atoms with Crippen LogP contribution in [0.2, 0.25) is 0 Å². The van der Waals surface area contributed by atoms with Gasteiger partial charge in [-0.3, -0.25) is 38.4 Å². The Kier molecular flexibility index (Phi) is 16.5. The summed E-state index contributed by atoms with van der Waals surface area (Å²) in [6.45, 7) is 5.87. The number of carbonyl (C=O) groups excluding carboxylic acids is 7. The molecule has 1 N–H and O–H groups in total. The molecule has 2 aliphatic heterocycles. The van der Waals surface area contributed by atoms with E-state index < -0.39 is 122 Å². The number of esters is 7. The van der Waals surface area contributed by atoms with Gasteiger partial charge in [0.2, 0.25) is 0 Å². The van der Waals surface area contributed by atoms with Crippen molar-refractivity contribution in [2.24, 2.45) is 0 Å². The van der Waals surface area contributed by atoms with Gasteiger partial charge in [0, 0.05) is 54.9 Å². The van der Waals surface area contributed by atoms with E-state index in [1.165, 1.54) is 0 Å². The lowest BCUT2D eigenvalue weighted by atomic mass is 9.96. The number of carboxylic acid groups (broad SMARTS) is 1. The first-order valence-corrected chi connectivity index (χ1v) is 15.3. The van der Waals surface area contributed by atoms with Gasteiger partial charge in [-0.1, -0.05) is 0 Å². The third-order valence-electron chi connectivity index (χ3n) is 6.70. The zero-order valence-corrected chi connectivity index (χ0v) is 28.5. The van der Waals surface area contributed by atoms with Gasteiger partial charge < -0.3 is 57.2 Å². The molecular weight excluding hydrogens is 680 g/mol. The van der Waals surface area contributed by atoms with Crippen LogP contribution in [0.5, 0.6) is 0 Å². The SMILES string of the molecule is CC(=O)OCC1O[C@@H](O[C@H]2C(COC(C)=O)O[C@@H](OCCCC(=O)O)C(OC(C)=O)[C@@H]2OC(C)=O)C(OC(C)=O)[C@@H](OC(C)=O)[C@H]1OC(C)=O. The molecule has 10 atom stereocenters. The Balaban J connectivity index is 2.69. The fourth-order valence-electron chi connectivity index (χ4n) is 5.03. The summed E-state index contributed by atoms with van der Waals surface area (Å²) in [7, 11) is 0. The lowest BCUT2D eigenvalue weighted by molar-refractivity contribution is -0.361. The monoisotopic (exact) mass is 722 g/mol. The third kappa shape index (κ3) is 13.5. The fraction of sp³-hybridized carbons (Fsp3) is 0.733. The largest absolute Gasteiger partial charge is 0.481 e. The average molecular weight is 723 g/mol.